The Morgan fingerprint density at radius 2 is 2.00 bits per heavy atom. The van der Waals surface area contributed by atoms with Gasteiger partial charge < -0.3 is 11.1 Å². The van der Waals surface area contributed by atoms with E-state index in [1.54, 1.807) is 37.3 Å². The first-order valence-corrected chi connectivity index (χ1v) is 6.38. The fourth-order valence-electron chi connectivity index (χ4n) is 1.62. The highest BCUT2D eigenvalue weighted by Gasteiger charge is 2.09. The molecule has 0 saturated carbocycles. The third-order valence-corrected chi connectivity index (χ3v) is 3.07. The molecule has 0 aliphatic carbocycles. The monoisotopic (exact) mass is 322 g/mol. The van der Waals surface area contributed by atoms with Gasteiger partial charge in [0.15, 0.2) is 0 Å². The normalized spacial score (nSPS) is 10.3. The molecular formula is C14H12BrFN2O. The van der Waals surface area contributed by atoms with Gasteiger partial charge in [0, 0.05) is 21.4 Å². The lowest BCUT2D eigenvalue weighted by Crippen LogP contribution is -2.12. The third-order valence-electron chi connectivity index (χ3n) is 2.61. The standard InChI is InChI=1S/C14H12BrFN2O/c1-8-2-3-12(7-13(8)16)18-14(19)9-4-10(15)6-11(17)5-9/h2-7H,17H2,1H3,(H,18,19). The van der Waals surface area contributed by atoms with E-state index in [9.17, 15) is 9.18 Å². The SMILES string of the molecule is Cc1ccc(NC(=O)c2cc(N)cc(Br)c2)cc1F. The molecule has 1 amide bonds. The molecule has 5 heteroatoms. The molecule has 2 aromatic carbocycles. The summed E-state index contributed by atoms with van der Waals surface area (Å²) in [5, 5.41) is 2.63. The Morgan fingerprint density at radius 3 is 2.63 bits per heavy atom. The van der Waals surface area contributed by atoms with Crippen LogP contribution >= 0.6 is 15.9 Å². The molecule has 2 rings (SSSR count). The Kier molecular flexibility index (Phi) is 3.85. The minimum Gasteiger partial charge on any atom is -0.399 e. The van der Waals surface area contributed by atoms with E-state index in [1.165, 1.54) is 6.07 Å². The Labute approximate surface area is 118 Å². The molecule has 0 bridgehead atoms. The quantitative estimate of drug-likeness (QED) is 0.828. The second-order valence-electron chi connectivity index (χ2n) is 4.19. The molecule has 0 atom stereocenters. The number of halogens is 2. The van der Waals surface area contributed by atoms with E-state index in [0.29, 0.717) is 27.0 Å². The van der Waals surface area contributed by atoms with Crippen LogP contribution in [-0.4, -0.2) is 5.91 Å². The average Bonchev–Trinajstić information content (AvgIpc) is 2.32. The highest BCUT2D eigenvalue weighted by atomic mass is 79.9. The van der Waals surface area contributed by atoms with Crippen molar-refractivity contribution in [2.24, 2.45) is 0 Å². The summed E-state index contributed by atoms with van der Waals surface area (Å²) >= 11 is 3.27. The predicted molar refractivity (Wildman–Crippen MR) is 77.6 cm³/mol. The summed E-state index contributed by atoms with van der Waals surface area (Å²) in [5.74, 6) is -0.692. The molecule has 3 N–H and O–H groups in total. The van der Waals surface area contributed by atoms with Crippen molar-refractivity contribution < 1.29 is 9.18 Å². The Morgan fingerprint density at radius 1 is 1.26 bits per heavy atom. The van der Waals surface area contributed by atoms with Gasteiger partial charge in [-0.05, 0) is 42.8 Å². The van der Waals surface area contributed by atoms with Crippen LogP contribution in [0.15, 0.2) is 40.9 Å². The van der Waals surface area contributed by atoms with Crippen LogP contribution in [0, 0.1) is 12.7 Å². The maximum Gasteiger partial charge on any atom is 0.255 e. The van der Waals surface area contributed by atoms with Gasteiger partial charge in [-0.15, -0.1) is 0 Å². The fourth-order valence-corrected chi connectivity index (χ4v) is 2.13. The molecule has 0 unspecified atom stereocenters. The van der Waals surface area contributed by atoms with Gasteiger partial charge in [-0.25, -0.2) is 4.39 Å². The number of hydrogen-bond donors (Lipinski definition) is 2. The zero-order chi connectivity index (χ0) is 14.0. The van der Waals surface area contributed by atoms with Crippen LogP contribution in [0.1, 0.15) is 15.9 Å². The minimum atomic E-state index is -0.355. The van der Waals surface area contributed by atoms with Gasteiger partial charge in [-0.3, -0.25) is 4.79 Å². The van der Waals surface area contributed by atoms with Crippen LogP contribution in [0.25, 0.3) is 0 Å². The van der Waals surface area contributed by atoms with Gasteiger partial charge in [0.1, 0.15) is 5.82 Å². The van der Waals surface area contributed by atoms with Gasteiger partial charge in [-0.2, -0.15) is 0 Å². The van der Waals surface area contributed by atoms with Gasteiger partial charge in [0.2, 0.25) is 0 Å². The summed E-state index contributed by atoms with van der Waals surface area (Å²) in [6.45, 7) is 1.66. The van der Waals surface area contributed by atoms with Crippen LogP contribution < -0.4 is 11.1 Å². The first kappa shape index (κ1) is 13.5. The van der Waals surface area contributed by atoms with Crippen molar-refractivity contribution in [1.82, 2.24) is 0 Å². The fraction of sp³-hybridized carbons (Fsp3) is 0.0714. The number of benzene rings is 2. The smallest absolute Gasteiger partial charge is 0.255 e. The van der Waals surface area contributed by atoms with E-state index < -0.39 is 0 Å². The second kappa shape index (κ2) is 5.40. The van der Waals surface area contributed by atoms with Crippen molar-refractivity contribution in [2.45, 2.75) is 6.92 Å². The van der Waals surface area contributed by atoms with Crippen molar-refractivity contribution in [1.29, 1.82) is 0 Å². The summed E-state index contributed by atoms with van der Waals surface area (Å²) in [6.07, 6.45) is 0. The lowest BCUT2D eigenvalue weighted by atomic mass is 10.1. The second-order valence-corrected chi connectivity index (χ2v) is 5.11. The first-order chi connectivity index (χ1) is 8.95. The van der Waals surface area contributed by atoms with Crippen LogP contribution in [0.2, 0.25) is 0 Å². The Hall–Kier alpha value is -1.88. The summed E-state index contributed by atoms with van der Waals surface area (Å²) in [7, 11) is 0. The molecule has 2 aromatic rings. The summed E-state index contributed by atoms with van der Waals surface area (Å²) in [6, 6.07) is 9.45. The summed E-state index contributed by atoms with van der Waals surface area (Å²) in [5.41, 5.74) is 7.50. The summed E-state index contributed by atoms with van der Waals surface area (Å²) < 4.78 is 14.1. The lowest BCUT2D eigenvalue weighted by molar-refractivity contribution is 0.102. The van der Waals surface area contributed by atoms with Gasteiger partial charge in [-0.1, -0.05) is 22.0 Å². The zero-order valence-corrected chi connectivity index (χ0v) is 11.8. The molecule has 0 spiro atoms. The van der Waals surface area contributed by atoms with Crippen molar-refractivity contribution in [3.63, 3.8) is 0 Å². The van der Waals surface area contributed by atoms with E-state index in [4.69, 9.17) is 5.73 Å². The molecule has 0 heterocycles. The van der Waals surface area contributed by atoms with Crippen molar-refractivity contribution in [2.75, 3.05) is 11.1 Å². The topological polar surface area (TPSA) is 55.1 Å². The lowest BCUT2D eigenvalue weighted by Gasteiger charge is -2.07. The number of carbonyl (C=O) groups excluding carboxylic acids is 1. The van der Waals surface area contributed by atoms with E-state index in [-0.39, 0.29) is 11.7 Å². The molecule has 0 aliphatic rings. The average molecular weight is 323 g/mol. The molecular weight excluding hydrogens is 311 g/mol. The molecule has 3 nitrogen and oxygen atoms in total. The zero-order valence-electron chi connectivity index (χ0n) is 10.2. The van der Waals surface area contributed by atoms with Crippen molar-refractivity contribution in [3.05, 3.63) is 57.8 Å². The third kappa shape index (κ3) is 3.32. The number of nitrogens with one attached hydrogen (secondary N) is 1. The van der Waals surface area contributed by atoms with Crippen LogP contribution in [0.4, 0.5) is 15.8 Å². The maximum atomic E-state index is 13.4. The van der Waals surface area contributed by atoms with Crippen molar-refractivity contribution >= 4 is 33.2 Å². The van der Waals surface area contributed by atoms with E-state index >= 15 is 0 Å². The van der Waals surface area contributed by atoms with Gasteiger partial charge in [0.25, 0.3) is 5.91 Å². The highest BCUT2D eigenvalue weighted by molar-refractivity contribution is 9.10. The molecule has 98 valence electrons. The molecule has 0 fully saturated rings. The first-order valence-electron chi connectivity index (χ1n) is 5.59. The highest BCUT2D eigenvalue weighted by Crippen LogP contribution is 2.19. The van der Waals surface area contributed by atoms with Crippen LogP contribution in [-0.2, 0) is 0 Å². The van der Waals surface area contributed by atoms with E-state index in [0.717, 1.165) is 0 Å². The molecule has 0 aromatic heterocycles. The number of nitrogen functional groups attached to an aromatic ring is 1. The van der Waals surface area contributed by atoms with Crippen LogP contribution in [0.3, 0.4) is 0 Å². The number of anilines is 2. The van der Waals surface area contributed by atoms with E-state index in [1.807, 2.05) is 0 Å². The minimum absolute atomic E-state index is 0.337. The Balaban J connectivity index is 2.22. The largest absolute Gasteiger partial charge is 0.399 e. The molecule has 19 heavy (non-hydrogen) atoms. The predicted octanol–water partition coefficient (Wildman–Crippen LogP) is 3.73. The molecule has 0 aliphatic heterocycles. The van der Waals surface area contributed by atoms with E-state index in [2.05, 4.69) is 21.2 Å². The number of rotatable bonds is 2. The number of amides is 1. The van der Waals surface area contributed by atoms with Crippen LogP contribution in [0.5, 0.6) is 0 Å². The number of nitrogens with two attached hydrogens (primary N) is 1. The molecule has 0 saturated heterocycles. The Bertz CT molecular complexity index is 623. The van der Waals surface area contributed by atoms with Gasteiger partial charge >= 0.3 is 0 Å². The molecule has 0 radical (unpaired) electrons. The van der Waals surface area contributed by atoms with Crippen molar-refractivity contribution in [3.8, 4) is 0 Å². The van der Waals surface area contributed by atoms with Gasteiger partial charge in [0.05, 0.1) is 0 Å². The maximum absolute atomic E-state index is 13.4. The number of hydrogen-bond acceptors (Lipinski definition) is 2. The number of aryl methyl sites for hydroxylation is 1. The number of carbonyl (C=O) groups is 1. The summed E-state index contributed by atoms with van der Waals surface area (Å²) in [4.78, 5) is 12.0.